The van der Waals surface area contributed by atoms with Gasteiger partial charge >= 0.3 is 0 Å². The van der Waals surface area contributed by atoms with Crippen molar-refractivity contribution in [3.05, 3.63) is 53.5 Å². The van der Waals surface area contributed by atoms with Gasteiger partial charge in [-0.3, -0.25) is 14.4 Å². The fraction of sp³-hybridized carbons (Fsp3) is 0.462. The van der Waals surface area contributed by atoms with Crippen LogP contribution in [0.2, 0.25) is 0 Å². The summed E-state index contributed by atoms with van der Waals surface area (Å²) in [5.41, 5.74) is 1.49. The van der Waals surface area contributed by atoms with Crippen LogP contribution in [-0.4, -0.2) is 32.3 Å². The van der Waals surface area contributed by atoms with Crippen LogP contribution < -0.4 is 0 Å². The Morgan fingerprint density at radius 2 is 1.03 bits per heavy atom. The molecule has 0 aromatic carbocycles. The Morgan fingerprint density at radius 1 is 0.686 bits per heavy atom. The SMILES string of the molecule is C#C.Cc1cnc(C(=O)C(C)C)o1.Cc1coc(C(=O)C(C)C)n1.Cc1coc(C(=O)C(C)C)n1. The molecular weight excluding hydrogens is 450 g/mol. The number of oxazole rings is 3. The average molecular weight is 486 g/mol. The highest BCUT2D eigenvalue weighted by atomic mass is 16.4. The second-order valence-corrected chi connectivity index (χ2v) is 8.42. The van der Waals surface area contributed by atoms with Crippen LogP contribution in [0.3, 0.4) is 0 Å². The maximum absolute atomic E-state index is 11.2. The van der Waals surface area contributed by atoms with Crippen LogP contribution in [0.4, 0.5) is 0 Å². The van der Waals surface area contributed by atoms with Crippen LogP contribution in [0.5, 0.6) is 0 Å². The Morgan fingerprint density at radius 3 is 1.26 bits per heavy atom. The van der Waals surface area contributed by atoms with Gasteiger partial charge in [-0.2, -0.15) is 0 Å². The number of carbonyl (C=O) groups is 3. The maximum Gasteiger partial charge on any atom is 0.263 e. The topological polar surface area (TPSA) is 129 Å². The zero-order valence-corrected chi connectivity index (χ0v) is 21.9. The predicted octanol–water partition coefficient (Wildman–Crippen LogP) is 5.71. The van der Waals surface area contributed by atoms with Crippen molar-refractivity contribution in [2.24, 2.45) is 17.8 Å². The first-order valence-corrected chi connectivity index (χ1v) is 11.1. The number of carbonyl (C=O) groups excluding carboxylic acids is 3. The van der Waals surface area contributed by atoms with Gasteiger partial charge < -0.3 is 13.3 Å². The minimum absolute atomic E-state index is 0.0434. The van der Waals surface area contributed by atoms with Gasteiger partial charge in [0.05, 0.1) is 17.6 Å². The first-order valence-electron chi connectivity index (χ1n) is 11.1. The monoisotopic (exact) mass is 485 g/mol. The minimum atomic E-state index is -0.0481. The third-order valence-electron chi connectivity index (χ3n) is 4.06. The number of Topliss-reactive ketones (excluding diaryl/α,β-unsaturated/α-hetero) is 3. The van der Waals surface area contributed by atoms with E-state index < -0.39 is 0 Å². The first kappa shape index (κ1) is 31.2. The van der Waals surface area contributed by atoms with Crippen molar-refractivity contribution in [3.63, 3.8) is 0 Å². The van der Waals surface area contributed by atoms with E-state index >= 15 is 0 Å². The maximum atomic E-state index is 11.2. The zero-order chi connectivity index (χ0) is 27.3. The molecule has 0 atom stereocenters. The summed E-state index contributed by atoms with van der Waals surface area (Å²) in [5, 5.41) is 0. The van der Waals surface area contributed by atoms with Crippen molar-refractivity contribution >= 4 is 17.3 Å². The van der Waals surface area contributed by atoms with Crippen LogP contribution in [0.25, 0.3) is 0 Å². The summed E-state index contributed by atoms with van der Waals surface area (Å²) in [5.74, 6) is 1.06. The molecule has 0 aliphatic heterocycles. The summed E-state index contributed by atoms with van der Waals surface area (Å²) in [7, 11) is 0. The van der Waals surface area contributed by atoms with Gasteiger partial charge in [0.15, 0.2) is 0 Å². The molecule has 3 aromatic heterocycles. The fourth-order valence-corrected chi connectivity index (χ4v) is 2.14. The number of aryl methyl sites for hydroxylation is 3. The molecule has 0 saturated carbocycles. The Bertz CT molecular complexity index is 965. The summed E-state index contributed by atoms with van der Waals surface area (Å²) in [4.78, 5) is 45.3. The fourth-order valence-electron chi connectivity index (χ4n) is 2.14. The van der Waals surface area contributed by atoms with Crippen LogP contribution in [0.15, 0.2) is 32.0 Å². The van der Waals surface area contributed by atoms with E-state index in [1.54, 1.807) is 27.0 Å². The zero-order valence-electron chi connectivity index (χ0n) is 21.9. The summed E-state index contributed by atoms with van der Waals surface area (Å²) in [6, 6.07) is 0. The Balaban J connectivity index is 0.000000478. The molecule has 9 heteroatoms. The molecule has 0 saturated heterocycles. The molecule has 3 rings (SSSR count). The Hall–Kier alpha value is -3.80. The molecule has 3 heterocycles. The second kappa shape index (κ2) is 15.2. The van der Waals surface area contributed by atoms with E-state index in [2.05, 4.69) is 27.8 Å². The molecule has 0 bridgehead atoms. The molecule has 0 radical (unpaired) electrons. The van der Waals surface area contributed by atoms with E-state index in [0.29, 0.717) is 5.76 Å². The van der Waals surface area contributed by atoms with Crippen molar-refractivity contribution in [1.29, 1.82) is 0 Å². The third-order valence-corrected chi connectivity index (χ3v) is 4.06. The van der Waals surface area contributed by atoms with Gasteiger partial charge in [0.25, 0.3) is 17.7 Å². The summed E-state index contributed by atoms with van der Waals surface area (Å²) >= 11 is 0. The van der Waals surface area contributed by atoms with Gasteiger partial charge in [0.2, 0.25) is 17.3 Å². The van der Waals surface area contributed by atoms with Crippen LogP contribution in [0.1, 0.15) is 90.7 Å². The first-order chi connectivity index (χ1) is 16.3. The molecule has 0 aliphatic rings. The predicted molar refractivity (Wildman–Crippen MR) is 131 cm³/mol. The summed E-state index contributed by atoms with van der Waals surface area (Å²) in [6.07, 6.45) is 12.5. The number of terminal acetylenes is 1. The minimum Gasteiger partial charge on any atom is -0.442 e. The summed E-state index contributed by atoms with van der Waals surface area (Å²) < 4.78 is 14.9. The van der Waals surface area contributed by atoms with Gasteiger partial charge in [-0.25, -0.2) is 15.0 Å². The highest BCUT2D eigenvalue weighted by Gasteiger charge is 2.16. The molecule has 0 aliphatic carbocycles. The molecule has 0 spiro atoms. The van der Waals surface area contributed by atoms with E-state index in [1.807, 2.05) is 41.5 Å². The van der Waals surface area contributed by atoms with E-state index in [4.69, 9.17) is 13.3 Å². The lowest BCUT2D eigenvalue weighted by molar-refractivity contribution is 0.0897. The molecule has 0 N–H and O–H groups in total. The molecule has 190 valence electrons. The van der Waals surface area contributed by atoms with E-state index in [1.165, 1.54) is 12.5 Å². The quantitative estimate of drug-likeness (QED) is 0.318. The van der Waals surface area contributed by atoms with Crippen molar-refractivity contribution in [3.8, 4) is 12.8 Å². The lowest BCUT2D eigenvalue weighted by atomic mass is 10.1. The number of aromatic nitrogens is 3. The Kier molecular flexibility index (Phi) is 13.5. The molecule has 0 fully saturated rings. The number of rotatable bonds is 6. The molecule has 9 nitrogen and oxygen atoms in total. The van der Waals surface area contributed by atoms with Gasteiger partial charge in [0.1, 0.15) is 18.3 Å². The van der Waals surface area contributed by atoms with Gasteiger partial charge in [-0.1, -0.05) is 41.5 Å². The molecule has 0 amide bonds. The van der Waals surface area contributed by atoms with E-state index in [-0.39, 0.29) is 52.8 Å². The Labute approximate surface area is 206 Å². The number of hydrogen-bond donors (Lipinski definition) is 0. The van der Waals surface area contributed by atoms with E-state index in [9.17, 15) is 14.4 Å². The molecule has 35 heavy (non-hydrogen) atoms. The van der Waals surface area contributed by atoms with Crippen LogP contribution in [-0.2, 0) is 0 Å². The molecule has 0 unspecified atom stereocenters. The number of ketones is 3. The van der Waals surface area contributed by atoms with Crippen LogP contribution >= 0.6 is 0 Å². The smallest absolute Gasteiger partial charge is 0.263 e. The highest BCUT2D eigenvalue weighted by Crippen LogP contribution is 2.09. The number of nitrogens with zero attached hydrogens (tertiary/aromatic N) is 3. The van der Waals surface area contributed by atoms with Crippen molar-refractivity contribution < 1.29 is 27.6 Å². The average Bonchev–Trinajstić information content (AvgIpc) is 3.55. The van der Waals surface area contributed by atoms with Crippen molar-refractivity contribution in [2.75, 3.05) is 0 Å². The lowest BCUT2D eigenvalue weighted by Gasteiger charge is -1.96. The van der Waals surface area contributed by atoms with Crippen molar-refractivity contribution in [2.45, 2.75) is 62.3 Å². The van der Waals surface area contributed by atoms with E-state index in [0.717, 1.165) is 11.4 Å². The third kappa shape index (κ3) is 10.8. The van der Waals surface area contributed by atoms with Gasteiger partial charge in [0, 0.05) is 17.8 Å². The molecular formula is C26H35N3O6. The highest BCUT2D eigenvalue weighted by molar-refractivity contribution is 5.93. The normalized spacial score (nSPS) is 10.0. The van der Waals surface area contributed by atoms with Gasteiger partial charge in [-0.15, -0.1) is 12.8 Å². The van der Waals surface area contributed by atoms with Gasteiger partial charge in [-0.05, 0) is 20.8 Å². The lowest BCUT2D eigenvalue weighted by Crippen LogP contribution is -2.07. The number of hydrogen-bond acceptors (Lipinski definition) is 9. The second-order valence-electron chi connectivity index (χ2n) is 8.42. The van der Waals surface area contributed by atoms with Crippen LogP contribution in [0, 0.1) is 51.4 Å². The largest absolute Gasteiger partial charge is 0.442 e. The summed E-state index contributed by atoms with van der Waals surface area (Å²) in [6.45, 7) is 16.3. The standard InChI is InChI=1S/3C8H11NO2.C2H2/c2*1-5(2)7(10)8-9-6(3)4-11-8;1-5(2)7(10)8-9-4-6(3)11-8;1-2/h3*4-5H,1-3H3;1-2H. The molecule has 3 aromatic rings. The van der Waals surface area contributed by atoms with Crippen molar-refractivity contribution in [1.82, 2.24) is 15.0 Å².